The van der Waals surface area contributed by atoms with Crippen LogP contribution in [-0.4, -0.2) is 52.3 Å². The van der Waals surface area contributed by atoms with Crippen LogP contribution in [0.2, 0.25) is 5.02 Å². The van der Waals surface area contributed by atoms with Crippen molar-refractivity contribution in [3.8, 4) is 0 Å². The van der Waals surface area contributed by atoms with E-state index in [1.165, 1.54) is 0 Å². The molecule has 1 N–H and O–H groups in total. The normalized spacial score (nSPS) is 14.4. The maximum absolute atomic E-state index is 6.04. The van der Waals surface area contributed by atoms with Crippen LogP contribution in [0.15, 0.2) is 65.1 Å². The first-order valence-electron chi connectivity index (χ1n) is 11.3. The number of halogens is 1. The molecule has 1 aliphatic heterocycles. The minimum atomic E-state index is 0.457. The van der Waals surface area contributed by atoms with E-state index in [2.05, 4.69) is 26.5 Å². The second kappa shape index (κ2) is 9.61. The monoisotopic (exact) mass is 503 g/mol. The number of morpholine rings is 1. The van der Waals surface area contributed by atoms with Crippen molar-refractivity contribution in [3.05, 3.63) is 76.3 Å². The van der Waals surface area contributed by atoms with Crippen LogP contribution >= 0.6 is 22.9 Å². The smallest absolute Gasteiger partial charge is 0.246 e. The molecule has 0 atom stereocenters. The number of hydrogen-bond acceptors (Lipinski definition) is 8. The first-order valence-corrected chi connectivity index (χ1v) is 12.6. The van der Waals surface area contributed by atoms with Gasteiger partial charge in [-0.25, -0.2) is 10.4 Å². The molecule has 0 aliphatic carbocycles. The van der Waals surface area contributed by atoms with Gasteiger partial charge in [-0.3, -0.25) is 4.68 Å². The molecule has 1 fully saturated rings. The quantitative estimate of drug-likeness (QED) is 0.259. The summed E-state index contributed by atoms with van der Waals surface area (Å²) in [7, 11) is 0. The van der Waals surface area contributed by atoms with Crippen LogP contribution in [0.4, 0.5) is 11.8 Å². The topological polar surface area (TPSA) is 80.5 Å². The molecule has 3 aromatic heterocycles. The van der Waals surface area contributed by atoms with Crippen LogP contribution in [0.3, 0.4) is 0 Å². The summed E-state index contributed by atoms with van der Waals surface area (Å²) < 4.78 is 8.56. The van der Waals surface area contributed by atoms with Gasteiger partial charge in [0.25, 0.3) is 0 Å². The molecule has 0 amide bonds. The van der Waals surface area contributed by atoms with Crippen molar-refractivity contribution >= 4 is 62.0 Å². The third-order valence-corrected chi connectivity index (χ3v) is 7.03. The molecule has 10 heteroatoms. The van der Waals surface area contributed by atoms with Gasteiger partial charge in [-0.15, -0.1) is 11.3 Å². The van der Waals surface area contributed by atoms with Gasteiger partial charge in [0.15, 0.2) is 5.82 Å². The van der Waals surface area contributed by atoms with Gasteiger partial charge < -0.3 is 9.64 Å². The van der Waals surface area contributed by atoms with Gasteiger partial charge in [0.05, 0.1) is 41.7 Å². The highest BCUT2D eigenvalue weighted by Gasteiger charge is 2.18. The standard InChI is InChI=1S/C25H22ClN7OS/c26-18-7-5-17(6-8-18)16-33-22-4-2-1-3-19(22)21(31-33)15-27-30-25-28-20-9-14-35-23(20)24(29-25)32-10-12-34-13-11-32/h1-9,14-15H,10-13,16H2,(H,28,29,30)/b27-15+. The zero-order valence-electron chi connectivity index (χ0n) is 18.8. The Kier molecular flexibility index (Phi) is 6.03. The Morgan fingerprint density at radius 1 is 1.06 bits per heavy atom. The Hall–Kier alpha value is -3.53. The van der Waals surface area contributed by atoms with E-state index in [0.717, 1.165) is 56.3 Å². The van der Waals surface area contributed by atoms with E-state index in [1.54, 1.807) is 17.6 Å². The molecule has 0 spiro atoms. The molecule has 0 radical (unpaired) electrons. The van der Waals surface area contributed by atoms with E-state index < -0.39 is 0 Å². The number of hydrazone groups is 1. The van der Waals surface area contributed by atoms with Crippen LogP contribution in [-0.2, 0) is 11.3 Å². The van der Waals surface area contributed by atoms with Gasteiger partial charge >= 0.3 is 0 Å². The van der Waals surface area contributed by atoms with E-state index in [9.17, 15) is 0 Å². The number of nitrogens with zero attached hydrogens (tertiary/aromatic N) is 6. The summed E-state index contributed by atoms with van der Waals surface area (Å²) in [5, 5.41) is 13.0. The predicted octanol–water partition coefficient (Wildman–Crippen LogP) is 5.03. The first-order chi connectivity index (χ1) is 17.2. The Labute approximate surface area is 210 Å². The number of ether oxygens (including phenoxy) is 1. The van der Waals surface area contributed by atoms with Gasteiger partial charge in [-0.2, -0.15) is 15.2 Å². The number of fused-ring (bicyclic) bond motifs is 2. The van der Waals surface area contributed by atoms with Crippen molar-refractivity contribution < 1.29 is 4.74 Å². The zero-order valence-corrected chi connectivity index (χ0v) is 20.3. The average Bonchev–Trinajstić information content (AvgIpc) is 3.51. The Morgan fingerprint density at radius 3 is 2.74 bits per heavy atom. The maximum atomic E-state index is 6.04. The molecule has 2 aromatic carbocycles. The van der Waals surface area contributed by atoms with Crippen LogP contribution in [0.25, 0.3) is 21.1 Å². The lowest BCUT2D eigenvalue weighted by molar-refractivity contribution is 0.122. The minimum Gasteiger partial charge on any atom is -0.378 e. The average molecular weight is 504 g/mol. The third-order valence-electron chi connectivity index (χ3n) is 5.88. The second-order valence-corrected chi connectivity index (χ2v) is 9.51. The fraction of sp³-hybridized carbons (Fsp3) is 0.200. The first kappa shape index (κ1) is 22.0. The maximum Gasteiger partial charge on any atom is 0.246 e. The number of aromatic nitrogens is 4. The SMILES string of the molecule is Clc1ccc(Cn2nc(/C=N/Nc3nc(N4CCOCC4)c4sccc4n3)c3ccccc32)cc1. The van der Waals surface area contributed by atoms with Crippen molar-refractivity contribution in [3.63, 3.8) is 0 Å². The molecule has 1 aliphatic rings. The summed E-state index contributed by atoms with van der Waals surface area (Å²) in [6.07, 6.45) is 1.72. The van der Waals surface area contributed by atoms with Crippen LogP contribution < -0.4 is 10.3 Å². The molecular weight excluding hydrogens is 482 g/mol. The molecule has 1 saturated heterocycles. The van der Waals surface area contributed by atoms with Gasteiger partial charge in [-0.05, 0) is 35.2 Å². The summed E-state index contributed by atoms with van der Waals surface area (Å²) in [4.78, 5) is 11.6. The van der Waals surface area contributed by atoms with Crippen molar-refractivity contribution in [2.75, 3.05) is 36.6 Å². The lowest BCUT2D eigenvalue weighted by Gasteiger charge is -2.28. The minimum absolute atomic E-state index is 0.457. The molecular formula is C25H22ClN7OS. The number of nitrogens with one attached hydrogen (secondary N) is 1. The molecule has 5 aromatic rings. The van der Waals surface area contributed by atoms with Gasteiger partial charge in [0.1, 0.15) is 5.69 Å². The summed E-state index contributed by atoms with van der Waals surface area (Å²) in [6.45, 7) is 3.65. The molecule has 0 saturated carbocycles. The van der Waals surface area contributed by atoms with Crippen molar-refractivity contribution in [1.82, 2.24) is 19.7 Å². The number of para-hydroxylation sites is 1. The van der Waals surface area contributed by atoms with E-state index in [4.69, 9.17) is 26.4 Å². The highest BCUT2D eigenvalue weighted by molar-refractivity contribution is 7.17. The van der Waals surface area contributed by atoms with Gasteiger partial charge in [0.2, 0.25) is 5.95 Å². The fourth-order valence-electron chi connectivity index (χ4n) is 4.17. The fourth-order valence-corrected chi connectivity index (χ4v) is 5.14. The van der Waals surface area contributed by atoms with E-state index in [1.807, 2.05) is 58.6 Å². The third kappa shape index (κ3) is 4.58. The van der Waals surface area contributed by atoms with Crippen molar-refractivity contribution in [1.29, 1.82) is 0 Å². The molecule has 35 heavy (non-hydrogen) atoms. The number of benzene rings is 2. The van der Waals surface area contributed by atoms with E-state index >= 15 is 0 Å². The Balaban J connectivity index is 1.27. The zero-order chi connectivity index (χ0) is 23.6. The molecule has 6 rings (SSSR count). The Bertz CT molecular complexity index is 1510. The van der Waals surface area contributed by atoms with Crippen LogP contribution in [0.1, 0.15) is 11.3 Å². The lowest BCUT2D eigenvalue weighted by Crippen LogP contribution is -2.36. The number of thiophene rings is 1. The highest BCUT2D eigenvalue weighted by atomic mass is 35.5. The van der Waals surface area contributed by atoms with Gasteiger partial charge in [-0.1, -0.05) is 41.9 Å². The number of anilines is 2. The summed E-state index contributed by atoms with van der Waals surface area (Å²) >= 11 is 7.69. The molecule has 4 heterocycles. The molecule has 8 nitrogen and oxygen atoms in total. The number of hydrogen-bond donors (Lipinski definition) is 1. The largest absolute Gasteiger partial charge is 0.378 e. The van der Waals surface area contributed by atoms with E-state index in [-0.39, 0.29) is 0 Å². The summed E-state index contributed by atoms with van der Waals surface area (Å²) in [5.74, 6) is 1.38. The van der Waals surface area contributed by atoms with Gasteiger partial charge in [0, 0.05) is 23.5 Å². The van der Waals surface area contributed by atoms with Crippen LogP contribution in [0, 0.1) is 0 Å². The summed E-state index contributed by atoms with van der Waals surface area (Å²) in [5.41, 5.74) is 6.85. The molecule has 0 unspecified atom stereocenters. The number of rotatable bonds is 6. The summed E-state index contributed by atoms with van der Waals surface area (Å²) in [6, 6.07) is 17.9. The highest BCUT2D eigenvalue weighted by Crippen LogP contribution is 2.30. The molecule has 0 bridgehead atoms. The van der Waals surface area contributed by atoms with E-state index in [0.29, 0.717) is 25.7 Å². The molecule has 176 valence electrons. The second-order valence-electron chi connectivity index (χ2n) is 8.16. The lowest BCUT2D eigenvalue weighted by atomic mass is 10.2. The van der Waals surface area contributed by atoms with Crippen molar-refractivity contribution in [2.24, 2.45) is 5.10 Å². The van der Waals surface area contributed by atoms with Crippen LogP contribution in [0.5, 0.6) is 0 Å². The Morgan fingerprint density at radius 2 is 1.89 bits per heavy atom. The predicted molar refractivity (Wildman–Crippen MR) is 142 cm³/mol. The van der Waals surface area contributed by atoms with Crippen molar-refractivity contribution in [2.45, 2.75) is 6.54 Å².